The van der Waals surface area contributed by atoms with Crippen molar-refractivity contribution in [3.63, 3.8) is 0 Å². The summed E-state index contributed by atoms with van der Waals surface area (Å²) in [6, 6.07) is 5.90. The number of sulfonamides is 1. The second-order valence-corrected chi connectivity index (χ2v) is 10.8. The van der Waals surface area contributed by atoms with E-state index in [0.717, 1.165) is 41.0 Å². The molecule has 1 heterocycles. The van der Waals surface area contributed by atoms with E-state index in [0.29, 0.717) is 12.0 Å². The number of amides is 2. The molecule has 2 saturated carbocycles. The van der Waals surface area contributed by atoms with Gasteiger partial charge in [0, 0.05) is 31.6 Å². The lowest BCUT2D eigenvalue weighted by molar-refractivity contribution is -0.117. The van der Waals surface area contributed by atoms with Gasteiger partial charge < -0.3 is 4.57 Å². The highest BCUT2D eigenvalue weighted by atomic mass is 32.2. The standard InChI is InChI=1S/C19H23N5O4S2/c1-23(2)30(27,28)15-9-5-13(6-10-15)18(26)20-16(25)11-29-19-22-21-17(12-3-4-12)24(19)14-7-8-14/h5-6,9-10,12,14H,3-4,7-8,11H2,1-2H3,(H,20,25,26). The third-order valence-electron chi connectivity index (χ3n) is 5.03. The maximum Gasteiger partial charge on any atom is 0.257 e. The highest BCUT2D eigenvalue weighted by molar-refractivity contribution is 7.99. The molecule has 0 bridgehead atoms. The number of benzene rings is 1. The van der Waals surface area contributed by atoms with Crippen molar-refractivity contribution in [2.45, 2.75) is 47.7 Å². The first kappa shape index (κ1) is 21.0. The molecule has 0 radical (unpaired) electrons. The largest absolute Gasteiger partial charge is 0.303 e. The molecular weight excluding hydrogens is 426 g/mol. The lowest BCUT2D eigenvalue weighted by atomic mass is 10.2. The number of thioether (sulfide) groups is 1. The minimum absolute atomic E-state index is 0.0500. The molecule has 2 aliphatic carbocycles. The van der Waals surface area contributed by atoms with E-state index in [1.54, 1.807) is 0 Å². The molecular formula is C19H23N5O4S2. The highest BCUT2D eigenvalue weighted by Crippen LogP contribution is 2.45. The molecule has 0 spiro atoms. The fourth-order valence-electron chi connectivity index (χ4n) is 3.04. The molecule has 0 aliphatic heterocycles. The van der Waals surface area contributed by atoms with Crippen LogP contribution in [0.3, 0.4) is 0 Å². The summed E-state index contributed by atoms with van der Waals surface area (Å²) < 4.78 is 27.4. The molecule has 1 N–H and O–H groups in total. The van der Waals surface area contributed by atoms with E-state index < -0.39 is 21.8 Å². The Balaban J connectivity index is 1.35. The first-order chi connectivity index (χ1) is 14.3. The average Bonchev–Trinajstić information content (AvgIpc) is 3.65. The number of hydrogen-bond acceptors (Lipinski definition) is 7. The predicted octanol–water partition coefficient (Wildman–Crippen LogP) is 1.79. The van der Waals surface area contributed by atoms with Gasteiger partial charge >= 0.3 is 0 Å². The van der Waals surface area contributed by atoms with Crippen LogP contribution in [0.4, 0.5) is 0 Å². The van der Waals surface area contributed by atoms with Crippen LogP contribution >= 0.6 is 11.8 Å². The predicted molar refractivity (Wildman–Crippen MR) is 111 cm³/mol. The van der Waals surface area contributed by atoms with Gasteiger partial charge in [-0.3, -0.25) is 14.9 Å². The summed E-state index contributed by atoms with van der Waals surface area (Å²) >= 11 is 1.28. The zero-order chi connectivity index (χ0) is 21.5. The van der Waals surface area contributed by atoms with E-state index in [4.69, 9.17) is 0 Å². The maximum absolute atomic E-state index is 12.3. The van der Waals surface area contributed by atoms with Crippen molar-refractivity contribution in [1.29, 1.82) is 0 Å². The Bertz CT molecular complexity index is 1070. The van der Waals surface area contributed by atoms with E-state index >= 15 is 0 Å². The molecule has 9 nitrogen and oxygen atoms in total. The number of nitrogens with zero attached hydrogens (tertiary/aromatic N) is 4. The van der Waals surface area contributed by atoms with Crippen molar-refractivity contribution in [1.82, 2.24) is 24.4 Å². The zero-order valence-corrected chi connectivity index (χ0v) is 18.4. The number of carbonyl (C=O) groups excluding carboxylic acids is 2. The lowest BCUT2D eigenvalue weighted by Crippen LogP contribution is -2.32. The lowest BCUT2D eigenvalue weighted by Gasteiger charge is -2.11. The summed E-state index contributed by atoms with van der Waals surface area (Å²) in [6.45, 7) is 0. The van der Waals surface area contributed by atoms with Crippen LogP contribution in [0.2, 0.25) is 0 Å². The third kappa shape index (κ3) is 4.42. The van der Waals surface area contributed by atoms with Crippen molar-refractivity contribution < 1.29 is 18.0 Å². The van der Waals surface area contributed by atoms with Gasteiger partial charge in [-0.1, -0.05) is 11.8 Å². The minimum Gasteiger partial charge on any atom is -0.303 e. The highest BCUT2D eigenvalue weighted by Gasteiger charge is 2.36. The fourth-order valence-corrected chi connectivity index (χ4v) is 4.75. The first-order valence-corrected chi connectivity index (χ1v) is 12.1. The normalized spacial score (nSPS) is 16.6. The summed E-state index contributed by atoms with van der Waals surface area (Å²) in [5.41, 5.74) is 0.211. The molecule has 0 unspecified atom stereocenters. The van der Waals surface area contributed by atoms with Crippen LogP contribution in [0.1, 0.15) is 53.8 Å². The molecule has 4 rings (SSSR count). The number of rotatable bonds is 8. The maximum atomic E-state index is 12.3. The van der Waals surface area contributed by atoms with E-state index in [-0.39, 0.29) is 16.2 Å². The van der Waals surface area contributed by atoms with E-state index in [1.807, 2.05) is 0 Å². The monoisotopic (exact) mass is 449 g/mol. The van der Waals surface area contributed by atoms with Crippen LogP contribution in [-0.4, -0.2) is 59.2 Å². The van der Waals surface area contributed by atoms with Crippen LogP contribution in [0.15, 0.2) is 34.3 Å². The Morgan fingerprint density at radius 3 is 2.37 bits per heavy atom. The molecule has 2 aromatic rings. The summed E-state index contributed by atoms with van der Waals surface area (Å²) in [4.78, 5) is 24.6. The second-order valence-electron chi connectivity index (χ2n) is 7.69. The van der Waals surface area contributed by atoms with Gasteiger partial charge in [-0.25, -0.2) is 12.7 Å². The smallest absolute Gasteiger partial charge is 0.257 e. The van der Waals surface area contributed by atoms with Crippen molar-refractivity contribution in [2.24, 2.45) is 0 Å². The number of imide groups is 1. The van der Waals surface area contributed by atoms with Gasteiger partial charge in [0.15, 0.2) is 5.16 Å². The van der Waals surface area contributed by atoms with Crippen molar-refractivity contribution in [3.05, 3.63) is 35.7 Å². The average molecular weight is 450 g/mol. The Kier molecular flexibility index (Phi) is 5.69. The van der Waals surface area contributed by atoms with E-state index in [9.17, 15) is 18.0 Å². The van der Waals surface area contributed by atoms with Crippen LogP contribution in [0.25, 0.3) is 0 Å². The topological polar surface area (TPSA) is 114 Å². The molecule has 2 aliphatic rings. The number of nitrogens with one attached hydrogen (secondary N) is 1. The summed E-state index contributed by atoms with van der Waals surface area (Å²) in [7, 11) is -0.702. The van der Waals surface area contributed by atoms with Gasteiger partial charge in [-0.15, -0.1) is 10.2 Å². The zero-order valence-electron chi connectivity index (χ0n) is 16.7. The first-order valence-electron chi connectivity index (χ1n) is 9.71. The SMILES string of the molecule is CN(C)S(=O)(=O)c1ccc(C(=O)NC(=O)CSc2nnc(C3CC3)n2C2CC2)cc1. The van der Waals surface area contributed by atoms with E-state index in [2.05, 4.69) is 20.1 Å². The molecule has 0 saturated heterocycles. The third-order valence-corrected chi connectivity index (χ3v) is 7.80. The summed E-state index contributed by atoms with van der Waals surface area (Å²) in [6.07, 6.45) is 4.49. The molecule has 2 fully saturated rings. The van der Waals surface area contributed by atoms with Gasteiger partial charge in [0.1, 0.15) is 5.82 Å². The quantitative estimate of drug-likeness (QED) is 0.611. The van der Waals surface area contributed by atoms with Gasteiger partial charge in [-0.05, 0) is 49.9 Å². The molecule has 0 atom stereocenters. The van der Waals surface area contributed by atoms with E-state index in [1.165, 1.54) is 50.1 Å². The Hall–Kier alpha value is -2.24. The minimum atomic E-state index is -3.57. The van der Waals surface area contributed by atoms with Crippen LogP contribution < -0.4 is 5.32 Å². The Morgan fingerprint density at radius 2 is 1.80 bits per heavy atom. The fraction of sp³-hybridized carbons (Fsp3) is 0.474. The molecule has 1 aromatic heterocycles. The number of aromatic nitrogens is 3. The van der Waals surface area contributed by atoms with Crippen LogP contribution in [0, 0.1) is 0 Å². The van der Waals surface area contributed by atoms with Gasteiger partial charge in [0.2, 0.25) is 15.9 Å². The Labute approximate surface area is 179 Å². The van der Waals surface area contributed by atoms with Gasteiger partial charge in [-0.2, -0.15) is 0 Å². The molecule has 160 valence electrons. The van der Waals surface area contributed by atoms with Crippen molar-refractivity contribution in [3.8, 4) is 0 Å². The molecule has 30 heavy (non-hydrogen) atoms. The van der Waals surface area contributed by atoms with Gasteiger partial charge in [0.25, 0.3) is 5.91 Å². The number of carbonyl (C=O) groups is 2. The van der Waals surface area contributed by atoms with Crippen molar-refractivity contribution in [2.75, 3.05) is 19.8 Å². The second kappa shape index (κ2) is 8.12. The summed E-state index contributed by atoms with van der Waals surface area (Å²) in [5.74, 6) is 0.547. The Morgan fingerprint density at radius 1 is 1.13 bits per heavy atom. The van der Waals surface area contributed by atoms with Crippen LogP contribution in [0.5, 0.6) is 0 Å². The van der Waals surface area contributed by atoms with Crippen molar-refractivity contribution >= 4 is 33.6 Å². The van der Waals surface area contributed by atoms with Gasteiger partial charge in [0.05, 0.1) is 10.6 Å². The molecule has 2 amide bonds. The molecule has 11 heteroatoms. The number of hydrogen-bond donors (Lipinski definition) is 1. The molecule has 1 aromatic carbocycles. The summed E-state index contributed by atoms with van der Waals surface area (Å²) in [5, 5.41) is 11.6. The van der Waals surface area contributed by atoms with Crippen LogP contribution in [-0.2, 0) is 14.8 Å².